The summed E-state index contributed by atoms with van der Waals surface area (Å²) in [6.07, 6.45) is 0. The van der Waals surface area contributed by atoms with Crippen molar-refractivity contribution in [3.05, 3.63) is 130 Å². The molecule has 0 bridgehead atoms. The van der Waals surface area contributed by atoms with Gasteiger partial charge in [-0.15, -0.1) is 0 Å². The fourth-order valence-electron chi connectivity index (χ4n) is 7.17. The molecular formula is C37H42N2O3S. The van der Waals surface area contributed by atoms with Crippen molar-refractivity contribution in [1.29, 1.82) is 0 Å². The highest BCUT2D eigenvalue weighted by molar-refractivity contribution is 7.93. The summed E-state index contributed by atoms with van der Waals surface area (Å²) in [5.74, 6) is 0.834. The van der Waals surface area contributed by atoms with E-state index in [4.69, 9.17) is 0 Å². The second-order valence-electron chi connectivity index (χ2n) is 13.0. The largest absolute Gasteiger partial charge is 0.787 e. The fourth-order valence-corrected chi connectivity index (χ4v) is 9.08. The number of sulfone groups is 1. The number of benzene rings is 4. The van der Waals surface area contributed by atoms with Crippen molar-refractivity contribution < 1.29 is 18.4 Å². The lowest BCUT2D eigenvalue weighted by Crippen LogP contribution is -3.22. The summed E-state index contributed by atoms with van der Waals surface area (Å²) in [6.45, 7) is 13.6. The van der Waals surface area contributed by atoms with Gasteiger partial charge in [0, 0.05) is 16.8 Å². The number of hydrogen-bond donors (Lipinski definition) is 1. The zero-order chi connectivity index (χ0) is 30.7. The topological polar surface area (TPSA) is 64.9 Å². The van der Waals surface area contributed by atoms with Crippen LogP contribution in [0.15, 0.2) is 102 Å². The van der Waals surface area contributed by atoms with Gasteiger partial charge in [0.15, 0.2) is 11.7 Å². The second-order valence-corrected chi connectivity index (χ2v) is 15.0. The average molecular weight is 595 g/mol. The van der Waals surface area contributed by atoms with E-state index < -0.39 is 20.9 Å². The molecule has 2 heterocycles. The first-order valence-electron chi connectivity index (χ1n) is 15.4. The molecule has 1 saturated heterocycles. The minimum atomic E-state index is -4.11. The number of hydrogen-bond acceptors (Lipinski definition) is 4. The van der Waals surface area contributed by atoms with Gasteiger partial charge in [-0.1, -0.05) is 133 Å². The molecule has 4 atom stereocenters. The van der Waals surface area contributed by atoms with Gasteiger partial charge in [-0.05, 0) is 46.1 Å². The molecule has 43 heavy (non-hydrogen) atoms. The van der Waals surface area contributed by atoms with E-state index in [-0.39, 0.29) is 29.4 Å². The maximum Gasteiger partial charge on any atom is 0.224 e. The lowest BCUT2D eigenvalue weighted by atomic mass is 9.85. The Hall–Kier alpha value is -3.45. The van der Waals surface area contributed by atoms with Crippen molar-refractivity contribution in [3.63, 3.8) is 0 Å². The number of fused-ring (bicyclic) bond motifs is 1. The lowest BCUT2D eigenvalue weighted by molar-refractivity contribution is -1.04. The molecule has 0 saturated carbocycles. The van der Waals surface area contributed by atoms with Gasteiger partial charge in [-0.25, -0.2) is 8.42 Å². The fraction of sp³-hybridized carbons (Fsp3) is 0.351. The molecule has 0 amide bonds. The van der Waals surface area contributed by atoms with Gasteiger partial charge in [-0.3, -0.25) is 0 Å². The number of nitrogens with one attached hydrogen (secondary N) is 1. The molecule has 2 aliphatic rings. The molecular weight excluding hydrogens is 552 g/mol. The predicted octanol–water partition coefficient (Wildman–Crippen LogP) is 6.16. The Labute approximate surface area is 256 Å². The number of rotatable bonds is 7. The quantitative estimate of drug-likeness (QED) is 0.278. The molecule has 1 fully saturated rings. The molecule has 4 aromatic carbocycles. The van der Waals surface area contributed by atoms with Gasteiger partial charge in [0.05, 0.1) is 4.90 Å². The molecule has 0 aromatic heterocycles. The van der Waals surface area contributed by atoms with Gasteiger partial charge in [0.2, 0.25) is 9.84 Å². The van der Waals surface area contributed by atoms with Gasteiger partial charge in [-0.2, -0.15) is 0 Å². The number of anilines is 1. The highest BCUT2D eigenvalue weighted by Gasteiger charge is 2.62. The third-order valence-corrected chi connectivity index (χ3v) is 11.6. The molecule has 224 valence electrons. The highest BCUT2D eigenvalue weighted by atomic mass is 32.2. The minimum absolute atomic E-state index is 0.158. The van der Waals surface area contributed by atoms with Crippen LogP contribution in [0, 0.1) is 0 Å². The van der Waals surface area contributed by atoms with Crippen molar-refractivity contribution in [1.82, 2.24) is 0 Å². The third-order valence-electron chi connectivity index (χ3n) is 9.39. The van der Waals surface area contributed by atoms with Crippen molar-refractivity contribution in [2.45, 2.75) is 81.3 Å². The van der Waals surface area contributed by atoms with Crippen LogP contribution in [0.2, 0.25) is 0 Å². The Kier molecular flexibility index (Phi) is 7.52. The summed E-state index contributed by atoms with van der Waals surface area (Å²) in [7, 11) is -4.11. The predicted molar refractivity (Wildman–Crippen MR) is 171 cm³/mol. The summed E-state index contributed by atoms with van der Waals surface area (Å²) in [6, 6.07) is 31.0. The molecule has 6 heteroatoms. The van der Waals surface area contributed by atoms with Crippen LogP contribution in [-0.4, -0.2) is 15.1 Å². The van der Waals surface area contributed by atoms with Crippen LogP contribution in [-0.2, 0) is 14.9 Å². The SMILES string of the molecule is CC(C)c1cc(C(C)C)c(N2C[NH+](C3([O-])c4ccccc4S3(=O)=O)[C@@H](c3ccccc3)[C@@H]2c2ccccc2)c(C(C)C)c1. The van der Waals surface area contributed by atoms with Crippen LogP contribution < -0.4 is 14.9 Å². The van der Waals surface area contributed by atoms with E-state index in [1.54, 1.807) is 24.3 Å². The van der Waals surface area contributed by atoms with Crippen molar-refractivity contribution >= 4 is 15.5 Å². The van der Waals surface area contributed by atoms with Gasteiger partial charge in [0.25, 0.3) is 0 Å². The standard InChI is InChI=1S/C37H41N2O3S/c1-24(2)29-21-30(25(3)4)36(31(22-29)26(5)6)38-23-39(37(40)32-19-13-14-20-33(32)43(37,41)42)35(28-17-11-8-12-18-28)34(38)27-15-9-7-10-16-27/h7-22,24-26,34-35H,23H2,1-6H3/q-1/p+1/t34-,35-,37?/m0/s1. The zero-order valence-corrected chi connectivity index (χ0v) is 26.7. The molecule has 0 aliphatic carbocycles. The Morgan fingerprint density at radius 1 is 0.744 bits per heavy atom. The second kappa shape index (κ2) is 10.9. The smallest absolute Gasteiger partial charge is 0.224 e. The van der Waals surface area contributed by atoms with Crippen LogP contribution in [0.1, 0.15) is 105 Å². The number of quaternary nitrogens is 1. The molecule has 5 nitrogen and oxygen atoms in total. The van der Waals surface area contributed by atoms with Crippen molar-refractivity contribution in [2.24, 2.45) is 0 Å². The van der Waals surface area contributed by atoms with Crippen LogP contribution in [0.5, 0.6) is 0 Å². The van der Waals surface area contributed by atoms with Crippen LogP contribution >= 0.6 is 0 Å². The Balaban J connectivity index is 1.66. The first kappa shape index (κ1) is 29.6. The summed E-state index contributed by atoms with van der Waals surface area (Å²) < 4.78 is 27.9. The van der Waals surface area contributed by atoms with Gasteiger partial charge >= 0.3 is 0 Å². The summed E-state index contributed by atoms with van der Waals surface area (Å²) in [4.78, 5) is 3.03. The molecule has 2 aliphatic heterocycles. The van der Waals surface area contributed by atoms with E-state index in [1.807, 2.05) is 48.5 Å². The van der Waals surface area contributed by atoms with Crippen LogP contribution in [0.3, 0.4) is 0 Å². The van der Waals surface area contributed by atoms with Crippen LogP contribution in [0.4, 0.5) is 5.69 Å². The first-order chi connectivity index (χ1) is 20.5. The lowest BCUT2D eigenvalue weighted by Gasteiger charge is -2.52. The zero-order valence-electron chi connectivity index (χ0n) is 25.9. The molecule has 4 aromatic rings. The molecule has 2 unspecified atom stereocenters. The van der Waals surface area contributed by atoms with Crippen molar-refractivity contribution in [3.8, 4) is 0 Å². The summed E-state index contributed by atoms with van der Waals surface area (Å²) in [5.41, 5.74) is 7.29. The van der Waals surface area contributed by atoms with E-state index in [2.05, 4.69) is 70.7 Å². The number of nitrogens with zero attached hydrogens (tertiary/aromatic N) is 1. The normalized spacial score (nSPS) is 24.4. The highest BCUT2D eigenvalue weighted by Crippen LogP contribution is 2.49. The Morgan fingerprint density at radius 3 is 1.79 bits per heavy atom. The molecule has 6 rings (SSSR count). The Morgan fingerprint density at radius 2 is 1.26 bits per heavy atom. The van der Waals surface area contributed by atoms with Gasteiger partial charge in [0.1, 0.15) is 12.1 Å². The molecule has 0 spiro atoms. The monoisotopic (exact) mass is 594 g/mol. The van der Waals surface area contributed by atoms with E-state index >= 15 is 5.11 Å². The maximum atomic E-state index is 15.1. The Bertz CT molecular complexity index is 1710. The molecule has 1 N–H and O–H groups in total. The van der Waals surface area contributed by atoms with Crippen LogP contribution in [0.25, 0.3) is 0 Å². The van der Waals surface area contributed by atoms with E-state index in [9.17, 15) is 8.42 Å². The maximum absolute atomic E-state index is 15.1. The molecule has 0 radical (unpaired) electrons. The van der Waals surface area contributed by atoms with Crippen molar-refractivity contribution in [2.75, 3.05) is 11.6 Å². The third kappa shape index (κ3) is 4.54. The van der Waals surface area contributed by atoms with E-state index in [0.29, 0.717) is 16.4 Å². The minimum Gasteiger partial charge on any atom is -0.787 e. The van der Waals surface area contributed by atoms with Gasteiger partial charge < -0.3 is 14.9 Å². The average Bonchev–Trinajstić information content (AvgIpc) is 3.41. The van der Waals surface area contributed by atoms with E-state index in [1.165, 1.54) is 16.7 Å². The summed E-state index contributed by atoms with van der Waals surface area (Å²) >= 11 is 0. The first-order valence-corrected chi connectivity index (χ1v) is 16.9. The summed E-state index contributed by atoms with van der Waals surface area (Å²) in [5, 5.41) is 12.8. The van der Waals surface area contributed by atoms with E-state index in [0.717, 1.165) is 16.8 Å².